The van der Waals surface area contributed by atoms with Crippen molar-refractivity contribution in [3.05, 3.63) is 59.7 Å². The Balaban J connectivity index is 2.40. The number of aldehydes is 1. The predicted octanol–water partition coefficient (Wildman–Crippen LogP) is 4.11. The maximum Gasteiger partial charge on any atom is 0.416 e. The van der Waals surface area contributed by atoms with E-state index >= 15 is 0 Å². The van der Waals surface area contributed by atoms with Crippen LogP contribution in [0.15, 0.2) is 48.5 Å². The van der Waals surface area contributed by atoms with Gasteiger partial charge in [-0.25, -0.2) is 0 Å². The highest BCUT2D eigenvalue weighted by Gasteiger charge is 2.29. The second-order valence-electron chi connectivity index (χ2n) is 4.10. The number of hydrogen-bond acceptors (Lipinski definition) is 1. The molecule has 0 aliphatic heterocycles. The van der Waals surface area contributed by atoms with E-state index in [1.807, 2.05) is 0 Å². The molecule has 0 aliphatic rings. The zero-order valence-corrected chi connectivity index (χ0v) is 9.95. The van der Waals surface area contributed by atoms with Crippen LogP contribution in [0.5, 0.6) is 0 Å². The summed E-state index contributed by atoms with van der Waals surface area (Å²) in [6, 6.07) is 12.1. The molecule has 2 rings (SSSR count). The summed E-state index contributed by atoms with van der Waals surface area (Å²) in [6.07, 6.45) is -3.30. The van der Waals surface area contributed by atoms with E-state index in [9.17, 15) is 18.0 Å². The SMILES string of the molecule is O=CCc1ccccc1-c1ccc(C(F)(F)F)cc1. The summed E-state index contributed by atoms with van der Waals surface area (Å²) in [4.78, 5) is 10.6. The highest BCUT2D eigenvalue weighted by Crippen LogP contribution is 2.31. The number of rotatable bonds is 3. The van der Waals surface area contributed by atoms with Crippen LogP contribution in [0.3, 0.4) is 0 Å². The summed E-state index contributed by atoms with van der Waals surface area (Å²) in [5, 5.41) is 0. The number of hydrogen-bond donors (Lipinski definition) is 0. The zero-order valence-electron chi connectivity index (χ0n) is 9.95. The number of halogens is 3. The minimum atomic E-state index is -4.33. The van der Waals surface area contributed by atoms with E-state index < -0.39 is 11.7 Å². The largest absolute Gasteiger partial charge is 0.416 e. The summed E-state index contributed by atoms with van der Waals surface area (Å²) >= 11 is 0. The monoisotopic (exact) mass is 264 g/mol. The van der Waals surface area contributed by atoms with Crippen molar-refractivity contribution in [1.82, 2.24) is 0 Å². The molecule has 0 amide bonds. The van der Waals surface area contributed by atoms with Crippen LogP contribution in [0, 0.1) is 0 Å². The van der Waals surface area contributed by atoms with Gasteiger partial charge in [0.1, 0.15) is 6.29 Å². The molecule has 0 fully saturated rings. The Kier molecular flexibility index (Phi) is 3.69. The first-order chi connectivity index (χ1) is 9.02. The molecule has 0 radical (unpaired) electrons. The molecule has 0 saturated carbocycles. The van der Waals surface area contributed by atoms with Gasteiger partial charge in [0.15, 0.2) is 0 Å². The van der Waals surface area contributed by atoms with Crippen LogP contribution in [-0.2, 0) is 17.4 Å². The average molecular weight is 264 g/mol. The molecule has 0 unspecified atom stereocenters. The third-order valence-corrected chi connectivity index (χ3v) is 2.84. The van der Waals surface area contributed by atoms with Crippen LogP contribution >= 0.6 is 0 Å². The lowest BCUT2D eigenvalue weighted by molar-refractivity contribution is -0.137. The third-order valence-electron chi connectivity index (χ3n) is 2.84. The van der Waals surface area contributed by atoms with Crippen molar-refractivity contribution in [3.8, 4) is 11.1 Å². The Bertz CT molecular complexity index is 571. The lowest BCUT2D eigenvalue weighted by Gasteiger charge is -2.10. The van der Waals surface area contributed by atoms with E-state index in [1.165, 1.54) is 12.1 Å². The van der Waals surface area contributed by atoms with E-state index in [0.717, 1.165) is 29.5 Å². The highest BCUT2D eigenvalue weighted by molar-refractivity contribution is 5.71. The molecule has 0 bridgehead atoms. The first-order valence-electron chi connectivity index (χ1n) is 5.71. The Morgan fingerprint density at radius 1 is 0.947 bits per heavy atom. The van der Waals surface area contributed by atoms with Gasteiger partial charge in [-0.15, -0.1) is 0 Å². The van der Waals surface area contributed by atoms with E-state index in [2.05, 4.69) is 0 Å². The summed E-state index contributed by atoms with van der Waals surface area (Å²) in [5.74, 6) is 0. The van der Waals surface area contributed by atoms with Crippen LogP contribution in [0.25, 0.3) is 11.1 Å². The average Bonchev–Trinajstić information content (AvgIpc) is 2.39. The Morgan fingerprint density at radius 2 is 1.58 bits per heavy atom. The van der Waals surface area contributed by atoms with Gasteiger partial charge in [-0.05, 0) is 28.8 Å². The molecule has 98 valence electrons. The van der Waals surface area contributed by atoms with Crippen LogP contribution in [-0.4, -0.2) is 6.29 Å². The lowest BCUT2D eigenvalue weighted by Crippen LogP contribution is -2.04. The fourth-order valence-electron chi connectivity index (χ4n) is 1.91. The molecule has 2 aromatic carbocycles. The second kappa shape index (κ2) is 5.26. The molecule has 0 N–H and O–H groups in total. The molecule has 19 heavy (non-hydrogen) atoms. The van der Waals surface area contributed by atoms with Gasteiger partial charge in [0.25, 0.3) is 0 Å². The first-order valence-corrected chi connectivity index (χ1v) is 5.71. The van der Waals surface area contributed by atoms with Crippen molar-refractivity contribution >= 4 is 6.29 Å². The fourth-order valence-corrected chi connectivity index (χ4v) is 1.91. The highest BCUT2D eigenvalue weighted by atomic mass is 19.4. The third kappa shape index (κ3) is 3.02. The van der Waals surface area contributed by atoms with Gasteiger partial charge < -0.3 is 4.79 Å². The normalized spacial score (nSPS) is 11.3. The van der Waals surface area contributed by atoms with Crippen molar-refractivity contribution in [2.24, 2.45) is 0 Å². The number of carbonyl (C=O) groups is 1. The number of benzene rings is 2. The van der Waals surface area contributed by atoms with Gasteiger partial charge in [-0.1, -0.05) is 36.4 Å². The molecule has 0 atom stereocenters. The molecule has 0 aromatic heterocycles. The van der Waals surface area contributed by atoms with Gasteiger partial charge >= 0.3 is 6.18 Å². The van der Waals surface area contributed by atoms with Gasteiger partial charge in [0, 0.05) is 6.42 Å². The van der Waals surface area contributed by atoms with E-state index in [1.54, 1.807) is 24.3 Å². The zero-order chi connectivity index (χ0) is 13.9. The predicted molar refractivity (Wildman–Crippen MR) is 66.6 cm³/mol. The summed E-state index contributed by atoms with van der Waals surface area (Å²) in [5.41, 5.74) is 1.58. The van der Waals surface area contributed by atoms with E-state index in [0.29, 0.717) is 5.56 Å². The number of carbonyl (C=O) groups excluding carboxylic acids is 1. The van der Waals surface area contributed by atoms with E-state index in [-0.39, 0.29) is 6.42 Å². The molecule has 0 heterocycles. The molecule has 0 spiro atoms. The van der Waals surface area contributed by atoms with Crippen molar-refractivity contribution in [1.29, 1.82) is 0 Å². The van der Waals surface area contributed by atoms with Crippen LogP contribution < -0.4 is 0 Å². The fraction of sp³-hybridized carbons (Fsp3) is 0.133. The molecule has 2 aromatic rings. The van der Waals surface area contributed by atoms with Gasteiger partial charge in [0.05, 0.1) is 5.56 Å². The molecule has 4 heteroatoms. The Labute approximate surface area is 108 Å². The smallest absolute Gasteiger partial charge is 0.303 e. The van der Waals surface area contributed by atoms with Crippen molar-refractivity contribution in [2.45, 2.75) is 12.6 Å². The standard InChI is InChI=1S/C15H11F3O/c16-15(17,18)13-7-5-12(6-8-13)14-4-2-1-3-11(14)9-10-19/h1-8,10H,9H2. The summed E-state index contributed by atoms with van der Waals surface area (Å²) in [7, 11) is 0. The molecule has 0 aliphatic carbocycles. The molecular weight excluding hydrogens is 253 g/mol. The summed E-state index contributed by atoms with van der Waals surface area (Å²) < 4.78 is 37.4. The van der Waals surface area contributed by atoms with Gasteiger partial charge in [-0.2, -0.15) is 13.2 Å². The Hall–Kier alpha value is -2.10. The summed E-state index contributed by atoms with van der Waals surface area (Å²) in [6.45, 7) is 0. The van der Waals surface area contributed by atoms with Gasteiger partial charge in [0.2, 0.25) is 0 Å². The van der Waals surface area contributed by atoms with Gasteiger partial charge in [-0.3, -0.25) is 0 Å². The van der Waals surface area contributed by atoms with E-state index in [4.69, 9.17) is 0 Å². The number of alkyl halides is 3. The lowest BCUT2D eigenvalue weighted by atomic mass is 9.97. The molecule has 0 saturated heterocycles. The molecule has 1 nitrogen and oxygen atoms in total. The topological polar surface area (TPSA) is 17.1 Å². The van der Waals surface area contributed by atoms with Crippen LogP contribution in [0.4, 0.5) is 13.2 Å². The second-order valence-corrected chi connectivity index (χ2v) is 4.10. The van der Waals surface area contributed by atoms with Crippen LogP contribution in [0.1, 0.15) is 11.1 Å². The van der Waals surface area contributed by atoms with Crippen molar-refractivity contribution in [3.63, 3.8) is 0 Å². The van der Waals surface area contributed by atoms with Crippen molar-refractivity contribution in [2.75, 3.05) is 0 Å². The maximum atomic E-state index is 12.5. The van der Waals surface area contributed by atoms with Crippen molar-refractivity contribution < 1.29 is 18.0 Å². The maximum absolute atomic E-state index is 12.5. The minimum absolute atomic E-state index is 0.247. The first kappa shape index (κ1) is 13.3. The molecular formula is C15H11F3O. The minimum Gasteiger partial charge on any atom is -0.303 e. The quantitative estimate of drug-likeness (QED) is 0.762. The Morgan fingerprint density at radius 3 is 2.16 bits per heavy atom. The van der Waals surface area contributed by atoms with Crippen LogP contribution in [0.2, 0.25) is 0 Å².